The third kappa shape index (κ3) is 3.84. The highest BCUT2D eigenvalue weighted by Gasteiger charge is 2.38. The van der Waals surface area contributed by atoms with E-state index in [1.807, 2.05) is 0 Å². The molecular weight excluding hydrogens is 322 g/mol. The van der Waals surface area contributed by atoms with Gasteiger partial charge >= 0.3 is 0 Å². The van der Waals surface area contributed by atoms with Gasteiger partial charge in [0.15, 0.2) is 0 Å². The molecule has 23 heavy (non-hydrogen) atoms. The van der Waals surface area contributed by atoms with Crippen LogP contribution in [-0.2, 0) is 24.2 Å². The number of hydrogen-bond acceptors (Lipinski definition) is 6. The number of sulfonamides is 1. The second-order valence-corrected chi connectivity index (χ2v) is 7.85. The molecule has 0 bridgehead atoms. The van der Waals surface area contributed by atoms with Crippen LogP contribution in [0.4, 0.5) is 0 Å². The Morgan fingerprint density at radius 1 is 1.00 bits per heavy atom. The van der Waals surface area contributed by atoms with E-state index in [1.54, 1.807) is 24.3 Å². The van der Waals surface area contributed by atoms with Crippen molar-refractivity contribution in [2.45, 2.75) is 23.2 Å². The Morgan fingerprint density at radius 3 is 2.13 bits per heavy atom. The molecule has 126 valence electrons. The Morgan fingerprint density at radius 2 is 1.57 bits per heavy atom. The molecule has 3 aliphatic heterocycles. The van der Waals surface area contributed by atoms with Crippen molar-refractivity contribution in [1.82, 2.24) is 4.31 Å². The van der Waals surface area contributed by atoms with Crippen molar-refractivity contribution in [2.75, 3.05) is 39.5 Å². The topological polar surface area (TPSA) is 84.2 Å². The fraction of sp³-hybridized carbons (Fsp3) is 0.600. The molecule has 3 atom stereocenters. The highest BCUT2D eigenvalue weighted by molar-refractivity contribution is 7.89. The van der Waals surface area contributed by atoms with Crippen molar-refractivity contribution < 1.29 is 27.4 Å². The van der Waals surface area contributed by atoms with Gasteiger partial charge in [-0.25, -0.2) is 8.42 Å². The van der Waals surface area contributed by atoms with Crippen molar-refractivity contribution >= 4 is 10.0 Å². The van der Waals surface area contributed by atoms with Gasteiger partial charge in [-0.05, 0) is 12.1 Å². The first-order valence-corrected chi connectivity index (χ1v) is 9.14. The van der Waals surface area contributed by atoms with Crippen molar-refractivity contribution in [3.63, 3.8) is 0 Å². The summed E-state index contributed by atoms with van der Waals surface area (Å²) in [4.78, 5) is 0.182. The van der Waals surface area contributed by atoms with E-state index in [-0.39, 0.29) is 23.2 Å². The molecule has 1 aromatic carbocycles. The quantitative estimate of drug-likeness (QED) is 0.599. The van der Waals surface area contributed by atoms with E-state index >= 15 is 0 Å². The monoisotopic (exact) mass is 341 g/mol. The van der Waals surface area contributed by atoms with Crippen LogP contribution in [0.25, 0.3) is 0 Å². The Balaban J connectivity index is 1.56. The summed E-state index contributed by atoms with van der Waals surface area (Å²) in [6, 6.07) is 6.72. The molecule has 1 aromatic rings. The number of nitrogens with zero attached hydrogens (tertiary/aromatic N) is 1. The first kappa shape index (κ1) is 15.3. The maximum atomic E-state index is 13.0. The Bertz CT molecular complexity index is 652. The summed E-state index contributed by atoms with van der Waals surface area (Å²) >= 11 is 0. The molecule has 0 radical (unpaired) electrons. The van der Waals surface area contributed by atoms with E-state index in [1.165, 1.54) is 4.31 Å². The summed E-state index contributed by atoms with van der Waals surface area (Å²) in [6.45, 7) is 2.94. The minimum Gasteiger partial charge on any atom is -0.489 e. The molecule has 0 amide bonds. The van der Waals surface area contributed by atoms with Gasteiger partial charge in [0.2, 0.25) is 10.0 Å². The minimum absolute atomic E-state index is 0.0172. The Hall–Kier alpha value is -1.19. The van der Waals surface area contributed by atoms with Crippen LogP contribution in [0.5, 0.6) is 5.75 Å². The number of para-hydroxylation sites is 1. The lowest BCUT2D eigenvalue weighted by Crippen LogP contribution is -2.37. The van der Waals surface area contributed by atoms with Gasteiger partial charge in [0, 0.05) is 13.1 Å². The fourth-order valence-corrected chi connectivity index (χ4v) is 3.98. The first-order valence-electron chi connectivity index (χ1n) is 7.70. The zero-order chi connectivity index (χ0) is 15.9. The molecule has 7 nitrogen and oxygen atoms in total. The smallest absolute Gasteiger partial charge is 0.246 e. The molecule has 0 saturated carbocycles. The van der Waals surface area contributed by atoms with Crippen LogP contribution >= 0.6 is 0 Å². The van der Waals surface area contributed by atoms with Crippen LogP contribution in [-0.4, -0.2) is 70.6 Å². The summed E-state index contributed by atoms with van der Waals surface area (Å²) < 4.78 is 48.7. The fourth-order valence-electron chi connectivity index (χ4n) is 2.34. The SMILES string of the molecule is O=S(=O)(c1ccccc1OCC1CO1)N(CC1CO1)CC1CO1. The van der Waals surface area contributed by atoms with Crippen molar-refractivity contribution in [2.24, 2.45) is 0 Å². The zero-order valence-corrected chi connectivity index (χ0v) is 13.4. The minimum atomic E-state index is -3.66. The van der Waals surface area contributed by atoms with Gasteiger partial charge in [0.25, 0.3) is 0 Å². The van der Waals surface area contributed by atoms with E-state index in [0.29, 0.717) is 45.3 Å². The Kier molecular flexibility index (Phi) is 4.02. The molecule has 3 unspecified atom stereocenters. The standard InChI is InChI=1S/C15H19NO6S/c17-23(18,16(5-11-7-19-11)6-12-8-20-12)15-4-2-1-3-14(15)22-10-13-9-21-13/h1-4,11-13H,5-10H2. The summed E-state index contributed by atoms with van der Waals surface area (Å²) in [6.07, 6.45) is 0.0366. The van der Waals surface area contributed by atoms with Gasteiger partial charge in [0.05, 0.1) is 32.0 Å². The summed E-state index contributed by atoms with van der Waals surface area (Å²) in [7, 11) is -3.66. The largest absolute Gasteiger partial charge is 0.489 e. The number of epoxide rings is 3. The molecule has 8 heteroatoms. The number of rotatable bonds is 9. The predicted molar refractivity (Wildman–Crippen MR) is 79.9 cm³/mol. The van der Waals surface area contributed by atoms with Crippen LogP contribution in [0.15, 0.2) is 29.2 Å². The highest BCUT2D eigenvalue weighted by Crippen LogP contribution is 2.29. The maximum absolute atomic E-state index is 13.0. The third-order valence-electron chi connectivity index (χ3n) is 3.91. The van der Waals surface area contributed by atoms with Gasteiger partial charge in [0.1, 0.15) is 23.4 Å². The van der Waals surface area contributed by atoms with E-state index in [4.69, 9.17) is 18.9 Å². The summed E-state index contributed by atoms with van der Waals surface area (Å²) in [5, 5.41) is 0. The summed E-state index contributed by atoms with van der Waals surface area (Å²) in [5.41, 5.74) is 0. The number of hydrogen-bond donors (Lipinski definition) is 0. The molecule has 3 fully saturated rings. The number of ether oxygens (including phenoxy) is 4. The molecular formula is C15H19NO6S. The van der Waals surface area contributed by atoms with E-state index < -0.39 is 10.0 Å². The van der Waals surface area contributed by atoms with Crippen molar-refractivity contribution in [3.05, 3.63) is 24.3 Å². The van der Waals surface area contributed by atoms with Gasteiger partial charge in [-0.1, -0.05) is 12.1 Å². The predicted octanol–water partition coefficient (Wildman–Crippen LogP) is 0.253. The van der Waals surface area contributed by atoms with Gasteiger partial charge in [-0.15, -0.1) is 0 Å². The maximum Gasteiger partial charge on any atom is 0.246 e. The van der Waals surface area contributed by atoms with Crippen LogP contribution in [0, 0.1) is 0 Å². The molecule has 0 spiro atoms. The average molecular weight is 341 g/mol. The lowest BCUT2D eigenvalue weighted by molar-refractivity contribution is 0.256. The molecule has 4 rings (SSSR count). The lowest BCUT2D eigenvalue weighted by atomic mass is 10.3. The molecule has 0 aromatic heterocycles. The van der Waals surface area contributed by atoms with Gasteiger partial charge in [-0.3, -0.25) is 0 Å². The van der Waals surface area contributed by atoms with Crippen molar-refractivity contribution in [3.8, 4) is 5.75 Å². The molecule has 0 aliphatic carbocycles. The van der Waals surface area contributed by atoms with Crippen LogP contribution < -0.4 is 4.74 Å². The number of benzene rings is 1. The second-order valence-electron chi connectivity index (χ2n) is 5.95. The molecule has 3 saturated heterocycles. The van der Waals surface area contributed by atoms with Crippen molar-refractivity contribution in [1.29, 1.82) is 0 Å². The van der Waals surface area contributed by atoms with E-state index in [0.717, 1.165) is 0 Å². The second kappa shape index (κ2) is 6.03. The molecule has 3 aliphatic rings. The van der Waals surface area contributed by atoms with E-state index in [9.17, 15) is 8.42 Å². The van der Waals surface area contributed by atoms with Crippen LogP contribution in [0.3, 0.4) is 0 Å². The van der Waals surface area contributed by atoms with Gasteiger partial charge in [-0.2, -0.15) is 4.31 Å². The molecule has 0 N–H and O–H groups in total. The lowest BCUT2D eigenvalue weighted by Gasteiger charge is -2.22. The zero-order valence-electron chi connectivity index (χ0n) is 12.6. The Labute approximate surface area is 135 Å². The average Bonchev–Trinajstić information content (AvgIpc) is 3.35. The van der Waals surface area contributed by atoms with Crippen LogP contribution in [0.1, 0.15) is 0 Å². The first-order chi connectivity index (χ1) is 11.1. The molecule has 3 heterocycles. The normalized spacial score (nSPS) is 28.7. The van der Waals surface area contributed by atoms with E-state index in [2.05, 4.69) is 0 Å². The van der Waals surface area contributed by atoms with Gasteiger partial charge < -0.3 is 18.9 Å². The third-order valence-corrected chi connectivity index (χ3v) is 5.78. The summed E-state index contributed by atoms with van der Waals surface area (Å²) in [5.74, 6) is 0.362. The highest BCUT2D eigenvalue weighted by atomic mass is 32.2. The van der Waals surface area contributed by atoms with Crippen LogP contribution in [0.2, 0.25) is 0 Å².